The molecule has 5 heteroatoms. The van der Waals surface area contributed by atoms with Gasteiger partial charge in [0.25, 0.3) is 5.91 Å². The first-order chi connectivity index (χ1) is 13.3. The molecule has 1 amide bonds. The summed E-state index contributed by atoms with van der Waals surface area (Å²) in [7, 11) is 0. The van der Waals surface area contributed by atoms with E-state index >= 15 is 0 Å². The number of nitrogens with one attached hydrogen (secondary N) is 1. The van der Waals surface area contributed by atoms with Crippen molar-refractivity contribution in [2.75, 3.05) is 6.54 Å². The molecule has 1 aromatic heterocycles. The number of benzene rings is 2. The van der Waals surface area contributed by atoms with Crippen LogP contribution in [0.1, 0.15) is 36.5 Å². The van der Waals surface area contributed by atoms with Gasteiger partial charge in [-0.1, -0.05) is 50.1 Å². The Bertz CT molecular complexity index is 864. The molecule has 0 spiro atoms. The van der Waals surface area contributed by atoms with E-state index in [1.807, 2.05) is 54.6 Å². The predicted molar refractivity (Wildman–Crippen MR) is 106 cm³/mol. The molecule has 27 heavy (non-hydrogen) atoms. The average molecular weight is 361 g/mol. The summed E-state index contributed by atoms with van der Waals surface area (Å²) >= 11 is 0. The Morgan fingerprint density at radius 1 is 0.963 bits per heavy atom. The number of hydrogen-bond donors (Lipinski definition) is 1. The third-order valence-electron chi connectivity index (χ3n) is 4.10. The minimum Gasteiger partial charge on any atom is -0.424 e. The molecule has 0 aliphatic heterocycles. The van der Waals surface area contributed by atoms with Crippen molar-refractivity contribution >= 4 is 5.91 Å². The van der Waals surface area contributed by atoms with E-state index in [-0.39, 0.29) is 11.9 Å². The monoisotopic (exact) mass is 361 g/mol. The first-order valence-corrected chi connectivity index (χ1v) is 9.20. The molecule has 0 bridgehead atoms. The molecule has 0 radical (unpaired) electrons. The summed E-state index contributed by atoms with van der Waals surface area (Å²) in [4.78, 5) is 20.8. The van der Waals surface area contributed by atoms with E-state index in [2.05, 4.69) is 22.2 Å². The van der Waals surface area contributed by atoms with Gasteiger partial charge in [0, 0.05) is 30.1 Å². The van der Waals surface area contributed by atoms with Crippen molar-refractivity contribution in [3.63, 3.8) is 0 Å². The second-order valence-electron chi connectivity index (χ2n) is 6.21. The Kier molecular flexibility index (Phi) is 6.52. The van der Waals surface area contributed by atoms with Gasteiger partial charge in [0.2, 0.25) is 0 Å². The Balaban J connectivity index is 1.66. The van der Waals surface area contributed by atoms with Gasteiger partial charge in [-0.05, 0) is 36.2 Å². The van der Waals surface area contributed by atoms with Crippen LogP contribution in [0.15, 0.2) is 67.0 Å². The number of amides is 1. The third kappa shape index (κ3) is 5.38. The van der Waals surface area contributed by atoms with E-state index in [4.69, 9.17) is 4.74 Å². The molecule has 0 unspecified atom stereocenters. The van der Waals surface area contributed by atoms with Crippen molar-refractivity contribution in [2.24, 2.45) is 0 Å². The quantitative estimate of drug-likeness (QED) is 0.582. The number of ether oxygens (including phenoxy) is 1. The Hall–Kier alpha value is -3.21. The molecule has 3 aromatic rings. The SMILES string of the molecule is CCCCCNC(=O)c1cccc(-c2cnc(Oc3ccccc3)nc2)c1. The van der Waals surface area contributed by atoms with Crippen LogP contribution in [0, 0.1) is 0 Å². The molecule has 0 atom stereocenters. The van der Waals surface area contributed by atoms with Gasteiger partial charge in [-0.25, -0.2) is 9.97 Å². The summed E-state index contributed by atoms with van der Waals surface area (Å²) in [5.74, 6) is 0.630. The fraction of sp³-hybridized carbons (Fsp3) is 0.227. The van der Waals surface area contributed by atoms with Crippen LogP contribution in [0.2, 0.25) is 0 Å². The van der Waals surface area contributed by atoms with Crippen LogP contribution in [-0.4, -0.2) is 22.4 Å². The van der Waals surface area contributed by atoms with E-state index in [1.165, 1.54) is 0 Å². The molecule has 5 nitrogen and oxygen atoms in total. The highest BCUT2D eigenvalue weighted by atomic mass is 16.5. The molecule has 138 valence electrons. The van der Waals surface area contributed by atoms with Crippen molar-refractivity contribution in [3.8, 4) is 22.9 Å². The molecule has 1 heterocycles. The lowest BCUT2D eigenvalue weighted by molar-refractivity contribution is 0.0953. The molecule has 0 aliphatic rings. The first-order valence-electron chi connectivity index (χ1n) is 9.20. The Morgan fingerprint density at radius 3 is 2.48 bits per heavy atom. The molecule has 0 saturated carbocycles. The number of carbonyl (C=O) groups is 1. The molecule has 0 aliphatic carbocycles. The number of aromatic nitrogens is 2. The van der Waals surface area contributed by atoms with E-state index < -0.39 is 0 Å². The van der Waals surface area contributed by atoms with Crippen molar-refractivity contribution in [1.82, 2.24) is 15.3 Å². The zero-order valence-electron chi connectivity index (χ0n) is 15.4. The number of hydrogen-bond acceptors (Lipinski definition) is 4. The summed E-state index contributed by atoms with van der Waals surface area (Å²) in [5, 5.41) is 2.96. The Morgan fingerprint density at radius 2 is 1.74 bits per heavy atom. The average Bonchev–Trinajstić information content (AvgIpc) is 2.72. The summed E-state index contributed by atoms with van der Waals surface area (Å²) in [6.45, 7) is 2.84. The van der Waals surface area contributed by atoms with Crippen molar-refractivity contribution < 1.29 is 9.53 Å². The van der Waals surface area contributed by atoms with Crippen molar-refractivity contribution in [1.29, 1.82) is 0 Å². The zero-order valence-corrected chi connectivity index (χ0v) is 15.4. The zero-order chi connectivity index (χ0) is 18.9. The van der Waals surface area contributed by atoms with Crippen LogP contribution in [0.5, 0.6) is 11.8 Å². The number of unbranched alkanes of at least 4 members (excludes halogenated alkanes) is 2. The number of nitrogens with zero attached hydrogens (tertiary/aromatic N) is 2. The molecular weight excluding hydrogens is 338 g/mol. The fourth-order valence-corrected chi connectivity index (χ4v) is 2.63. The number of para-hydroxylation sites is 1. The summed E-state index contributed by atoms with van der Waals surface area (Å²) in [6, 6.07) is 17.1. The molecule has 0 fully saturated rings. The lowest BCUT2D eigenvalue weighted by Gasteiger charge is -2.08. The predicted octanol–water partition coefficient (Wildman–Crippen LogP) is 4.86. The third-order valence-corrected chi connectivity index (χ3v) is 4.10. The normalized spacial score (nSPS) is 10.4. The van der Waals surface area contributed by atoms with E-state index in [0.29, 0.717) is 17.9 Å². The minimum atomic E-state index is -0.0575. The smallest absolute Gasteiger partial charge is 0.321 e. The van der Waals surface area contributed by atoms with Crippen LogP contribution in [0.4, 0.5) is 0 Å². The van der Waals surface area contributed by atoms with Gasteiger partial charge in [0.1, 0.15) is 5.75 Å². The maximum atomic E-state index is 12.3. The first kappa shape index (κ1) is 18.6. The lowest BCUT2D eigenvalue weighted by atomic mass is 10.1. The highest BCUT2D eigenvalue weighted by molar-refractivity contribution is 5.95. The standard InChI is InChI=1S/C22H23N3O2/c1-2-3-7-13-23-21(26)18-10-8-9-17(14-18)19-15-24-22(25-16-19)27-20-11-5-4-6-12-20/h4-6,8-12,14-16H,2-3,7,13H2,1H3,(H,23,26). The van der Waals surface area contributed by atoms with Gasteiger partial charge < -0.3 is 10.1 Å². The van der Waals surface area contributed by atoms with Gasteiger partial charge in [-0.2, -0.15) is 0 Å². The van der Waals surface area contributed by atoms with E-state index in [1.54, 1.807) is 12.4 Å². The fourth-order valence-electron chi connectivity index (χ4n) is 2.63. The summed E-state index contributed by atoms with van der Waals surface area (Å²) in [6.07, 6.45) is 6.65. The number of carbonyl (C=O) groups excluding carboxylic acids is 1. The molecule has 2 aromatic carbocycles. The maximum absolute atomic E-state index is 12.3. The van der Waals surface area contributed by atoms with E-state index in [9.17, 15) is 4.79 Å². The van der Waals surface area contributed by atoms with Crippen LogP contribution in [0.3, 0.4) is 0 Å². The highest BCUT2D eigenvalue weighted by Gasteiger charge is 2.08. The van der Waals surface area contributed by atoms with E-state index in [0.717, 1.165) is 30.4 Å². The largest absolute Gasteiger partial charge is 0.424 e. The molecule has 0 saturated heterocycles. The summed E-state index contributed by atoms with van der Waals surface area (Å²) < 4.78 is 5.61. The maximum Gasteiger partial charge on any atom is 0.321 e. The van der Waals surface area contributed by atoms with Gasteiger partial charge >= 0.3 is 6.01 Å². The molecular formula is C22H23N3O2. The lowest BCUT2D eigenvalue weighted by Crippen LogP contribution is -2.24. The number of rotatable bonds is 8. The minimum absolute atomic E-state index is 0.0575. The van der Waals surface area contributed by atoms with Gasteiger partial charge in [-0.3, -0.25) is 4.79 Å². The Labute approximate surface area is 159 Å². The van der Waals surface area contributed by atoms with Gasteiger partial charge in [0.15, 0.2) is 0 Å². The second-order valence-corrected chi connectivity index (χ2v) is 6.21. The van der Waals surface area contributed by atoms with Gasteiger partial charge in [0.05, 0.1) is 0 Å². The van der Waals surface area contributed by atoms with Gasteiger partial charge in [-0.15, -0.1) is 0 Å². The van der Waals surface area contributed by atoms with Crippen LogP contribution >= 0.6 is 0 Å². The summed E-state index contributed by atoms with van der Waals surface area (Å²) in [5.41, 5.74) is 2.35. The molecule has 1 N–H and O–H groups in total. The van der Waals surface area contributed by atoms with Crippen LogP contribution < -0.4 is 10.1 Å². The van der Waals surface area contributed by atoms with Crippen molar-refractivity contribution in [3.05, 3.63) is 72.6 Å². The van der Waals surface area contributed by atoms with Crippen LogP contribution in [0.25, 0.3) is 11.1 Å². The van der Waals surface area contributed by atoms with Crippen molar-refractivity contribution in [2.45, 2.75) is 26.2 Å². The molecule has 3 rings (SSSR count). The highest BCUT2D eigenvalue weighted by Crippen LogP contribution is 2.22. The second kappa shape index (κ2) is 9.48. The topological polar surface area (TPSA) is 64.1 Å². The van der Waals surface area contributed by atoms with Crippen LogP contribution in [-0.2, 0) is 0 Å².